The average molecular weight is 687 g/mol. The van der Waals surface area contributed by atoms with Crippen LogP contribution in [0.1, 0.15) is 0 Å². The van der Waals surface area contributed by atoms with Crippen molar-refractivity contribution in [3.05, 3.63) is 206 Å². The van der Waals surface area contributed by atoms with Crippen LogP contribution in [-0.4, -0.2) is 4.57 Å². The molecular formula is C52H34N2. The molecule has 0 aliphatic carbocycles. The lowest BCUT2D eigenvalue weighted by molar-refractivity contribution is 1.18. The second-order valence-corrected chi connectivity index (χ2v) is 14.2. The van der Waals surface area contributed by atoms with E-state index in [1.54, 1.807) is 0 Å². The molecule has 2 nitrogen and oxygen atoms in total. The van der Waals surface area contributed by atoms with Crippen molar-refractivity contribution < 1.29 is 0 Å². The third-order valence-electron chi connectivity index (χ3n) is 11.1. The Morgan fingerprint density at radius 1 is 0.296 bits per heavy atom. The van der Waals surface area contributed by atoms with Crippen LogP contribution in [0.5, 0.6) is 0 Å². The minimum atomic E-state index is 1.10. The van der Waals surface area contributed by atoms with Crippen LogP contribution in [-0.2, 0) is 0 Å². The molecule has 0 bridgehead atoms. The van der Waals surface area contributed by atoms with E-state index in [0.29, 0.717) is 0 Å². The van der Waals surface area contributed by atoms with Crippen LogP contribution in [0.2, 0.25) is 0 Å². The molecule has 0 spiro atoms. The molecule has 0 saturated heterocycles. The van der Waals surface area contributed by atoms with Crippen LogP contribution in [0.15, 0.2) is 206 Å². The molecule has 11 rings (SSSR count). The molecule has 0 aliphatic rings. The molecule has 0 atom stereocenters. The lowest BCUT2D eigenvalue weighted by atomic mass is 9.93. The van der Waals surface area contributed by atoms with Crippen LogP contribution in [0.4, 0.5) is 17.1 Å². The SMILES string of the molecule is c1ccc(-c2cccc(N(c3ccc4c(ccc5ccc6ccc7ccccc7c6c54)c3)c3ccc4c5ccccc5n(-c5ccccc5)c4c3)c2)cc1. The maximum Gasteiger partial charge on any atom is 0.0561 e. The molecule has 1 heterocycles. The fourth-order valence-electron chi connectivity index (χ4n) is 8.63. The highest BCUT2D eigenvalue weighted by molar-refractivity contribution is 6.27. The minimum absolute atomic E-state index is 1.10. The molecule has 2 heteroatoms. The summed E-state index contributed by atoms with van der Waals surface area (Å²) in [6.07, 6.45) is 0. The maximum absolute atomic E-state index is 2.42. The largest absolute Gasteiger partial charge is 0.310 e. The van der Waals surface area contributed by atoms with Crippen molar-refractivity contribution in [3.8, 4) is 16.8 Å². The average Bonchev–Trinajstić information content (AvgIpc) is 3.57. The number of aromatic nitrogens is 1. The smallest absolute Gasteiger partial charge is 0.0561 e. The Labute approximate surface area is 313 Å². The van der Waals surface area contributed by atoms with Crippen LogP contribution in [0, 0.1) is 0 Å². The predicted octanol–water partition coefficient (Wildman–Crippen LogP) is 14.5. The Balaban J connectivity index is 1.17. The summed E-state index contributed by atoms with van der Waals surface area (Å²) in [5, 5.41) is 12.6. The molecule has 0 unspecified atom stereocenters. The number of rotatable bonds is 5. The van der Waals surface area contributed by atoms with Crippen molar-refractivity contribution in [3.63, 3.8) is 0 Å². The van der Waals surface area contributed by atoms with E-state index in [-0.39, 0.29) is 0 Å². The Kier molecular flexibility index (Phi) is 6.90. The van der Waals surface area contributed by atoms with E-state index in [1.165, 1.54) is 76.0 Å². The van der Waals surface area contributed by atoms with Gasteiger partial charge in [0.2, 0.25) is 0 Å². The first-order chi connectivity index (χ1) is 26.8. The first-order valence-corrected chi connectivity index (χ1v) is 18.6. The van der Waals surface area contributed by atoms with Crippen molar-refractivity contribution in [1.29, 1.82) is 0 Å². The summed E-state index contributed by atoms with van der Waals surface area (Å²) in [5.41, 5.74) is 9.22. The first-order valence-electron chi connectivity index (χ1n) is 18.6. The summed E-state index contributed by atoms with van der Waals surface area (Å²) in [7, 11) is 0. The van der Waals surface area contributed by atoms with Gasteiger partial charge in [-0.2, -0.15) is 0 Å². The number of hydrogen-bond donors (Lipinski definition) is 0. The molecule has 1 aromatic heterocycles. The monoisotopic (exact) mass is 686 g/mol. The lowest BCUT2D eigenvalue weighted by Gasteiger charge is -2.27. The van der Waals surface area contributed by atoms with Gasteiger partial charge in [-0.25, -0.2) is 0 Å². The number of hydrogen-bond acceptors (Lipinski definition) is 1. The fraction of sp³-hybridized carbons (Fsp3) is 0. The molecule has 0 amide bonds. The zero-order valence-electron chi connectivity index (χ0n) is 29.5. The summed E-state index contributed by atoms with van der Waals surface area (Å²) in [6.45, 7) is 0. The van der Waals surface area contributed by atoms with E-state index in [1.807, 2.05) is 0 Å². The summed E-state index contributed by atoms with van der Waals surface area (Å²) < 4.78 is 2.40. The standard InChI is InChI=1S/C52H34N2/c1-3-12-35(13-4-1)39-15-11-18-42(32-39)53(44-29-31-48-47-20-9-10-21-49(47)54(50(48)34-44)41-16-5-2-6-17-41)43-28-30-46-40(33-43)27-26-38-25-24-37-23-22-36-14-7-8-19-45(36)51(37)52(38)46/h1-34H. The molecule has 11 aromatic rings. The van der Waals surface area contributed by atoms with E-state index in [2.05, 4.69) is 216 Å². The summed E-state index contributed by atoms with van der Waals surface area (Å²) >= 11 is 0. The summed E-state index contributed by atoms with van der Waals surface area (Å²) in [4.78, 5) is 2.42. The minimum Gasteiger partial charge on any atom is -0.310 e. The Morgan fingerprint density at radius 2 is 0.833 bits per heavy atom. The van der Waals surface area contributed by atoms with Crippen molar-refractivity contribution >= 4 is 82.0 Å². The predicted molar refractivity (Wildman–Crippen MR) is 231 cm³/mol. The van der Waals surface area contributed by atoms with Gasteiger partial charge in [0, 0.05) is 33.5 Å². The van der Waals surface area contributed by atoms with Gasteiger partial charge in [0.05, 0.1) is 11.0 Å². The summed E-state index contributed by atoms with van der Waals surface area (Å²) in [6, 6.07) is 75.3. The maximum atomic E-state index is 2.42. The van der Waals surface area contributed by atoms with E-state index < -0.39 is 0 Å². The summed E-state index contributed by atoms with van der Waals surface area (Å²) in [5.74, 6) is 0. The van der Waals surface area contributed by atoms with Crippen molar-refractivity contribution in [2.24, 2.45) is 0 Å². The van der Waals surface area contributed by atoms with E-state index in [0.717, 1.165) is 22.7 Å². The molecule has 0 fully saturated rings. The number of nitrogens with zero attached hydrogens (tertiary/aromatic N) is 2. The first kappa shape index (κ1) is 30.5. The van der Waals surface area contributed by atoms with Gasteiger partial charge in [0.15, 0.2) is 0 Å². The van der Waals surface area contributed by atoms with E-state index >= 15 is 0 Å². The van der Waals surface area contributed by atoms with Crippen LogP contribution in [0.25, 0.3) is 81.7 Å². The topological polar surface area (TPSA) is 8.17 Å². The van der Waals surface area contributed by atoms with Gasteiger partial charge in [0.1, 0.15) is 0 Å². The quantitative estimate of drug-likeness (QED) is 0.164. The van der Waals surface area contributed by atoms with Gasteiger partial charge in [-0.05, 0) is 109 Å². The van der Waals surface area contributed by atoms with Crippen LogP contribution in [0.3, 0.4) is 0 Å². The molecule has 0 saturated carbocycles. The van der Waals surface area contributed by atoms with Gasteiger partial charge in [-0.1, -0.05) is 152 Å². The van der Waals surface area contributed by atoms with Gasteiger partial charge in [-0.3, -0.25) is 0 Å². The third-order valence-corrected chi connectivity index (χ3v) is 11.1. The lowest BCUT2D eigenvalue weighted by Crippen LogP contribution is -2.10. The molecule has 0 radical (unpaired) electrons. The molecule has 252 valence electrons. The van der Waals surface area contributed by atoms with Crippen LogP contribution >= 0.6 is 0 Å². The molecule has 0 N–H and O–H groups in total. The van der Waals surface area contributed by atoms with Gasteiger partial charge >= 0.3 is 0 Å². The number of anilines is 3. The highest BCUT2D eigenvalue weighted by Crippen LogP contribution is 2.43. The van der Waals surface area contributed by atoms with Crippen molar-refractivity contribution in [1.82, 2.24) is 4.57 Å². The van der Waals surface area contributed by atoms with E-state index in [9.17, 15) is 0 Å². The van der Waals surface area contributed by atoms with Crippen molar-refractivity contribution in [2.75, 3.05) is 4.90 Å². The van der Waals surface area contributed by atoms with Gasteiger partial charge in [0.25, 0.3) is 0 Å². The molecule has 10 aromatic carbocycles. The second-order valence-electron chi connectivity index (χ2n) is 14.2. The normalized spacial score (nSPS) is 11.7. The number of para-hydroxylation sites is 2. The van der Waals surface area contributed by atoms with Gasteiger partial charge in [-0.15, -0.1) is 0 Å². The number of fused-ring (bicyclic) bond motifs is 10. The van der Waals surface area contributed by atoms with Crippen LogP contribution < -0.4 is 4.90 Å². The van der Waals surface area contributed by atoms with Gasteiger partial charge < -0.3 is 9.47 Å². The Hall–Kier alpha value is -7.16. The highest BCUT2D eigenvalue weighted by atomic mass is 15.1. The molecular weight excluding hydrogens is 653 g/mol. The second kappa shape index (κ2) is 12.2. The van der Waals surface area contributed by atoms with E-state index in [4.69, 9.17) is 0 Å². The Bertz CT molecular complexity index is 3210. The highest BCUT2D eigenvalue weighted by Gasteiger charge is 2.19. The third kappa shape index (κ3) is 4.81. The van der Waals surface area contributed by atoms with Crippen molar-refractivity contribution in [2.45, 2.75) is 0 Å². The Morgan fingerprint density at radius 3 is 1.61 bits per heavy atom. The molecule has 0 aliphatic heterocycles. The number of benzene rings is 10. The fourth-order valence-corrected chi connectivity index (χ4v) is 8.63. The zero-order chi connectivity index (χ0) is 35.6. The molecule has 54 heavy (non-hydrogen) atoms. The zero-order valence-corrected chi connectivity index (χ0v) is 29.5.